The van der Waals surface area contributed by atoms with Gasteiger partial charge in [0.15, 0.2) is 0 Å². The van der Waals surface area contributed by atoms with Crippen LogP contribution >= 0.6 is 27.7 Å². The van der Waals surface area contributed by atoms with Crippen LogP contribution in [0.5, 0.6) is 11.5 Å². The Morgan fingerprint density at radius 2 is 2.21 bits per heavy atom. The first-order valence-corrected chi connectivity index (χ1v) is 6.29. The van der Waals surface area contributed by atoms with Crippen molar-refractivity contribution in [3.63, 3.8) is 0 Å². The fraction of sp³-hybridized carbons (Fsp3) is 0.400. The van der Waals surface area contributed by atoms with Crippen molar-refractivity contribution in [2.45, 2.75) is 18.2 Å². The van der Waals surface area contributed by atoms with Crippen molar-refractivity contribution in [2.75, 3.05) is 13.4 Å². The highest BCUT2D eigenvalue weighted by atomic mass is 79.9. The molecular formula is C10H13BrO2S. The zero-order valence-electron chi connectivity index (χ0n) is 8.43. The van der Waals surface area contributed by atoms with Crippen molar-refractivity contribution in [1.82, 2.24) is 0 Å². The number of hydrogen-bond acceptors (Lipinski definition) is 3. The number of aryl methyl sites for hydroxylation is 1. The Labute approximate surface area is 96.8 Å². The molecule has 1 aromatic rings. The first kappa shape index (κ1) is 11.7. The number of methoxy groups -OCH3 is 1. The molecule has 0 saturated heterocycles. The molecule has 0 aliphatic carbocycles. The van der Waals surface area contributed by atoms with E-state index in [1.54, 1.807) is 7.11 Å². The zero-order chi connectivity index (χ0) is 10.7. The summed E-state index contributed by atoms with van der Waals surface area (Å²) in [6.45, 7) is 2.06. The lowest BCUT2D eigenvalue weighted by molar-refractivity contribution is 0.396. The van der Waals surface area contributed by atoms with E-state index in [1.807, 2.05) is 12.3 Å². The summed E-state index contributed by atoms with van der Waals surface area (Å²) in [6.07, 6.45) is 2.82. The molecule has 4 heteroatoms. The molecule has 0 aliphatic rings. The molecule has 1 N–H and O–H groups in total. The molecule has 0 saturated carbocycles. The van der Waals surface area contributed by atoms with Crippen LogP contribution in [0.15, 0.2) is 15.4 Å². The van der Waals surface area contributed by atoms with E-state index in [1.165, 1.54) is 11.8 Å². The molecule has 0 aliphatic heterocycles. The highest BCUT2D eigenvalue weighted by molar-refractivity contribution is 9.10. The SMILES string of the molecule is CCc1cc(SC)c(O)c(Br)c1OC. The third-order valence-corrected chi connectivity index (χ3v) is 3.53. The summed E-state index contributed by atoms with van der Waals surface area (Å²) in [5.74, 6) is 0.981. The average molecular weight is 277 g/mol. The third-order valence-electron chi connectivity index (χ3n) is 2.04. The maximum Gasteiger partial charge on any atom is 0.147 e. The van der Waals surface area contributed by atoms with Gasteiger partial charge in [-0.2, -0.15) is 0 Å². The Bertz CT molecular complexity index is 339. The zero-order valence-corrected chi connectivity index (χ0v) is 10.8. The van der Waals surface area contributed by atoms with Gasteiger partial charge in [-0.15, -0.1) is 11.8 Å². The molecule has 0 heterocycles. The van der Waals surface area contributed by atoms with Crippen molar-refractivity contribution in [3.8, 4) is 11.5 Å². The standard InChI is InChI=1S/C10H13BrO2S/c1-4-6-5-7(14-3)9(12)8(11)10(6)13-2/h5,12H,4H2,1-3H3. The lowest BCUT2D eigenvalue weighted by atomic mass is 10.1. The normalized spacial score (nSPS) is 10.3. The van der Waals surface area contributed by atoms with Crippen molar-refractivity contribution in [1.29, 1.82) is 0 Å². The quantitative estimate of drug-likeness (QED) is 0.858. The van der Waals surface area contributed by atoms with Crippen LogP contribution in [-0.4, -0.2) is 18.5 Å². The Kier molecular flexibility index (Phi) is 4.13. The highest BCUT2D eigenvalue weighted by Gasteiger charge is 2.14. The van der Waals surface area contributed by atoms with E-state index in [9.17, 15) is 5.11 Å². The van der Waals surface area contributed by atoms with Crippen LogP contribution in [0.3, 0.4) is 0 Å². The van der Waals surface area contributed by atoms with Crippen molar-refractivity contribution in [2.24, 2.45) is 0 Å². The summed E-state index contributed by atoms with van der Waals surface area (Å²) in [5, 5.41) is 9.78. The maximum absolute atomic E-state index is 9.78. The lowest BCUT2D eigenvalue weighted by Crippen LogP contribution is -1.93. The number of phenols is 1. The van der Waals surface area contributed by atoms with Gasteiger partial charge in [0.05, 0.1) is 12.0 Å². The summed E-state index contributed by atoms with van der Waals surface area (Å²) in [5.41, 5.74) is 1.10. The second kappa shape index (κ2) is 4.94. The average Bonchev–Trinajstić information content (AvgIpc) is 2.21. The minimum Gasteiger partial charge on any atom is -0.505 e. The molecule has 0 atom stereocenters. The number of halogens is 1. The number of aromatic hydroxyl groups is 1. The first-order valence-electron chi connectivity index (χ1n) is 4.28. The molecule has 1 aromatic carbocycles. The van der Waals surface area contributed by atoms with Gasteiger partial charge in [0.2, 0.25) is 0 Å². The number of hydrogen-bond donors (Lipinski definition) is 1. The third kappa shape index (κ3) is 2.01. The summed E-state index contributed by atoms with van der Waals surface area (Å²) in [6, 6.07) is 1.96. The largest absolute Gasteiger partial charge is 0.505 e. The minimum absolute atomic E-state index is 0.256. The lowest BCUT2D eigenvalue weighted by Gasteiger charge is -2.13. The van der Waals surface area contributed by atoms with Crippen LogP contribution in [0.4, 0.5) is 0 Å². The fourth-order valence-corrected chi connectivity index (χ4v) is 2.60. The van der Waals surface area contributed by atoms with E-state index in [2.05, 4.69) is 22.9 Å². The maximum atomic E-state index is 9.78. The van der Waals surface area contributed by atoms with Crippen molar-refractivity contribution >= 4 is 27.7 Å². The molecule has 0 fully saturated rings. The molecule has 1 rings (SSSR count). The van der Waals surface area contributed by atoms with E-state index < -0.39 is 0 Å². The van der Waals surface area contributed by atoms with E-state index >= 15 is 0 Å². The van der Waals surface area contributed by atoms with Gasteiger partial charge in [0.1, 0.15) is 16.0 Å². The van der Waals surface area contributed by atoms with Gasteiger partial charge in [-0.3, -0.25) is 0 Å². The van der Waals surface area contributed by atoms with E-state index in [0.717, 1.165) is 22.6 Å². The van der Waals surface area contributed by atoms with E-state index in [0.29, 0.717) is 4.47 Å². The number of phenolic OH excluding ortho intramolecular Hbond substituents is 1. The monoisotopic (exact) mass is 276 g/mol. The highest BCUT2D eigenvalue weighted by Crippen LogP contribution is 2.42. The van der Waals surface area contributed by atoms with E-state index in [-0.39, 0.29) is 5.75 Å². The first-order chi connectivity index (χ1) is 6.65. The molecule has 0 amide bonds. The van der Waals surface area contributed by atoms with Gasteiger partial charge in [-0.1, -0.05) is 6.92 Å². The molecule has 0 radical (unpaired) electrons. The van der Waals surface area contributed by atoms with Crippen molar-refractivity contribution in [3.05, 3.63) is 16.1 Å². The Morgan fingerprint density at radius 1 is 1.57 bits per heavy atom. The summed E-state index contributed by atoms with van der Waals surface area (Å²) < 4.78 is 5.87. The number of benzene rings is 1. The van der Waals surface area contributed by atoms with Crippen LogP contribution in [0.1, 0.15) is 12.5 Å². The fourth-order valence-electron chi connectivity index (χ4n) is 1.29. The summed E-state index contributed by atoms with van der Waals surface area (Å²) in [4.78, 5) is 0.870. The van der Waals surface area contributed by atoms with Crippen LogP contribution in [0.25, 0.3) is 0 Å². The molecule has 14 heavy (non-hydrogen) atoms. The predicted octanol–water partition coefficient (Wildman–Crippen LogP) is 3.45. The van der Waals surface area contributed by atoms with Crippen LogP contribution in [0.2, 0.25) is 0 Å². The minimum atomic E-state index is 0.256. The van der Waals surface area contributed by atoms with E-state index in [4.69, 9.17) is 4.74 Å². The number of ether oxygens (including phenoxy) is 1. The Balaban J connectivity index is 3.38. The second-order valence-corrected chi connectivity index (χ2v) is 4.43. The van der Waals surface area contributed by atoms with Gasteiger partial charge in [0.25, 0.3) is 0 Å². The number of thioether (sulfide) groups is 1. The molecule has 0 aromatic heterocycles. The van der Waals surface area contributed by atoms with Gasteiger partial charge in [-0.25, -0.2) is 0 Å². The van der Waals surface area contributed by atoms with Crippen LogP contribution in [-0.2, 0) is 6.42 Å². The van der Waals surface area contributed by atoms with Gasteiger partial charge >= 0.3 is 0 Å². The smallest absolute Gasteiger partial charge is 0.147 e. The molecule has 0 spiro atoms. The van der Waals surface area contributed by atoms with Crippen LogP contribution < -0.4 is 4.74 Å². The van der Waals surface area contributed by atoms with Gasteiger partial charge in [-0.05, 0) is 40.2 Å². The molecule has 0 bridgehead atoms. The molecule has 78 valence electrons. The topological polar surface area (TPSA) is 29.5 Å². The van der Waals surface area contributed by atoms with Crippen molar-refractivity contribution < 1.29 is 9.84 Å². The van der Waals surface area contributed by atoms with Crippen LogP contribution in [0, 0.1) is 0 Å². The molecule has 2 nitrogen and oxygen atoms in total. The predicted molar refractivity (Wildman–Crippen MR) is 63.5 cm³/mol. The second-order valence-electron chi connectivity index (χ2n) is 2.79. The summed E-state index contributed by atoms with van der Waals surface area (Å²) in [7, 11) is 1.61. The number of rotatable bonds is 3. The molecular weight excluding hydrogens is 264 g/mol. The van der Waals surface area contributed by atoms with Gasteiger partial charge in [0, 0.05) is 0 Å². The Morgan fingerprint density at radius 3 is 2.64 bits per heavy atom. The summed E-state index contributed by atoms with van der Waals surface area (Å²) >= 11 is 4.86. The van der Waals surface area contributed by atoms with Gasteiger partial charge < -0.3 is 9.84 Å². The Hall–Kier alpha value is -0.350. The molecule has 0 unspecified atom stereocenters.